The van der Waals surface area contributed by atoms with Crippen molar-refractivity contribution in [3.05, 3.63) is 34.9 Å². The zero-order chi connectivity index (χ0) is 8.72. The summed E-state index contributed by atoms with van der Waals surface area (Å²) in [6.07, 6.45) is 0.695. The number of carbonyl (C=O) groups excluding carboxylic acids is 1. The number of hydrogen-bond acceptors (Lipinski definition) is 1. The Morgan fingerprint density at radius 2 is 2.17 bits per heavy atom. The molecule has 62 valence electrons. The van der Waals surface area contributed by atoms with E-state index in [-0.39, 0.29) is 0 Å². The highest BCUT2D eigenvalue weighted by Gasteiger charge is 2.26. The van der Waals surface area contributed by atoms with Crippen molar-refractivity contribution < 1.29 is 4.79 Å². The average molecular weight is 160 g/mol. The lowest BCUT2D eigenvalue weighted by Crippen LogP contribution is -1.91. The second kappa shape index (κ2) is 2.44. The average Bonchev–Trinajstić information content (AvgIpc) is 2.29. The van der Waals surface area contributed by atoms with Gasteiger partial charge in [0.05, 0.1) is 0 Å². The van der Waals surface area contributed by atoms with E-state index in [0.29, 0.717) is 18.1 Å². The molecule has 12 heavy (non-hydrogen) atoms. The molecule has 1 heteroatoms. The fourth-order valence-electron chi connectivity index (χ4n) is 2.07. The first kappa shape index (κ1) is 7.53. The van der Waals surface area contributed by atoms with Gasteiger partial charge in [-0.1, -0.05) is 25.1 Å². The van der Waals surface area contributed by atoms with Crippen LogP contribution >= 0.6 is 0 Å². The molecule has 1 aromatic rings. The Morgan fingerprint density at radius 3 is 2.83 bits per heavy atom. The number of aryl methyl sites for hydroxylation is 1. The van der Waals surface area contributed by atoms with Crippen molar-refractivity contribution in [2.75, 3.05) is 0 Å². The van der Waals surface area contributed by atoms with Crippen LogP contribution in [-0.2, 0) is 0 Å². The fourth-order valence-corrected chi connectivity index (χ4v) is 2.07. The second-order valence-corrected chi connectivity index (χ2v) is 3.56. The third kappa shape index (κ3) is 0.893. The Hall–Kier alpha value is -1.11. The van der Waals surface area contributed by atoms with E-state index in [4.69, 9.17) is 0 Å². The standard InChI is InChI=1S/C11H12O/c1-7-4-3-5-9-10(12)6-8(2)11(7)9/h3-5,8H,6H2,1-2H3/t8-/m0/s1. The van der Waals surface area contributed by atoms with Gasteiger partial charge in [0.15, 0.2) is 5.78 Å². The Morgan fingerprint density at radius 1 is 1.42 bits per heavy atom. The molecule has 0 fully saturated rings. The number of ketones is 1. The van der Waals surface area contributed by atoms with Gasteiger partial charge in [-0.25, -0.2) is 0 Å². The quantitative estimate of drug-likeness (QED) is 0.570. The van der Waals surface area contributed by atoms with Crippen LogP contribution in [0.15, 0.2) is 18.2 Å². The summed E-state index contributed by atoms with van der Waals surface area (Å²) in [6, 6.07) is 5.98. The van der Waals surface area contributed by atoms with Crippen molar-refractivity contribution in [3.8, 4) is 0 Å². The van der Waals surface area contributed by atoms with Crippen LogP contribution in [0, 0.1) is 6.92 Å². The van der Waals surface area contributed by atoms with Crippen LogP contribution in [0.4, 0.5) is 0 Å². The van der Waals surface area contributed by atoms with E-state index in [2.05, 4.69) is 19.9 Å². The molecule has 0 aliphatic heterocycles. The van der Waals surface area contributed by atoms with Crippen LogP contribution in [-0.4, -0.2) is 5.78 Å². The van der Waals surface area contributed by atoms with Crippen molar-refractivity contribution in [2.24, 2.45) is 0 Å². The predicted molar refractivity (Wildman–Crippen MR) is 48.5 cm³/mol. The number of rotatable bonds is 0. The maximum Gasteiger partial charge on any atom is 0.163 e. The van der Waals surface area contributed by atoms with Crippen LogP contribution in [0.5, 0.6) is 0 Å². The lowest BCUT2D eigenvalue weighted by Gasteiger charge is -2.05. The summed E-state index contributed by atoms with van der Waals surface area (Å²) in [5, 5.41) is 0. The molecule has 0 aromatic heterocycles. The van der Waals surface area contributed by atoms with Gasteiger partial charge >= 0.3 is 0 Å². The SMILES string of the molecule is Cc1cccc2c1[C@@H](C)CC2=O. The molecular formula is C11H12O. The second-order valence-electron chi connectivity index (χ2n) is 3.56. The first-order valence-corrected chi connectivity index (χ1v) is 4.33. The van der Waals surface area contributed by atoms with E-state index in [1.165, 1.54) is 11.1 Å². The summed E-state index contributed by atoms with van der Waals surface area (Å²) in [4.78, 5) is 11.4. The Balaban J connectivity index is 2.67. The Bertz CT molecular complexity index is 339. The first-order valence-electron chi connectivity index (χ1n) is 4.33. The maximum atomic E-state index is 11.4. The molecule has 1 aliphatic carbocycles. The smallest absolute Gasteiger partial charge is 0.163 e. The molecule has 0 saturated heterocycles. The van der Waals surface area contributed by atoms with E-state index in [1.807, 2.05) is 12.1 Å². The molecule has 0 bridgehead atoms. The molecule has 0 N–H and O–H groups in total. The van der Waals surface area contributed by atoms with Crippen LogP contribution in [0.25, 0.3) is 0 Å². The number of fused-ring (bicyclic) bond motifs is 1. The van der Waals surface area contributed by atoms with Crippen LogP contribution in [0.1, 0.15) is 40.7 Å². The van der Waals surface area contributed by atoms with Gasteiger partial charge in [0.25, 0.3) is 0 Å². The summed E-state index contributed by atoms with van der Waals surface area (Å²) >= 11 is 0. The summed E-state index contributed by atoms with van der Waals surface area (Å²) in [5.74, 6) is 0.731. The first-order chi connectivity index (χ1) is 5.70. The molecule has 0 saturated carbocycles. The van der Waals surface area contributed by atoms with Crippen LogP contribution in [0.3, 0.4) is 0 Å². The lowest BCUT2D eigenvalue weighted by atomic mass is 9.98. The summed E-state index contributed by atoms with van der Waals surface area (Å²) in [5.41, 5.74) is 3.47. The molecule has 0 heterocycles. The molecule has 1 aliphatic rings. The van der Waals surface area contributed by atoms with Gasteiger partial charge in [-0.05, 0) is 24.0 Å². The molecule has 0 spiro atoms. The zero-order valence-corrected chi connectivity index (χ0v) is 7.42. The largest absolute Gasteiger partial charge is 0.294 e. The molecule has 0 unspecified atom stereocenters. The summed E-state index contributed by atoms with van der Waals surface area (Å²) < 4.78 is 0. The monoisotopic (exact) mass is 160 g/mol. The maximum absolute atomic E-state index is 11.4. The van der Waals surface area contributed by atoms with Crippen molar-refractivity contribution in [1.29, 1.82) is 0 Å². The van der Waals surface area contributed by atoms with Crippen LogP contribution < -0.4 is 0 Å². The number of benzene rings is 1. The van der Waals surface area contributed by atoms with E-state index < -0.39 is 0 Å². The zero-order valence-electron chi connectivity index (χ0n) is 7.42. The van der Waals surface area contributed by atoms with Crippen LogP contribution in [0.2, 0.25) is 0 Å². The van der Waals surface area contributed by atoms with Crippen molar-refractivity contribution >= 4 is 5.78 Å². The minimum Gasteiger partial charge on any atom is -0.294 e. The normalized spacial score (nSPS) is 21.2. The molecule has 2 rings (SSSR count). The molecule has 1 atom stereocenters. The third-order valence-electron chi connectivity index (χ3n) is 2.61. The van der Waals surface area contributed by atoms with Gasteiger partial charge in [0.2, 0.25) is 0 Å². The van der Waals surface area contributed by atoms with Crippen molar-refractivity contribution in [2.45, 2.75) is 26.2 Å². The Labute approximate surface area is 72.4 Å². The topological polar surface area (TPSA) is 17.1 Å². The minimum absolute atomic E-state index is 0.307. The predicted octanol–water partition coefficient (Wildman–Crippen LogP) is 2.68. The van der Waals surface area contributed by atoms with Gasteiger partial charge in [-0.3, -0.25) is 4.79 Å². The van der Waals surface area contributed by atoms with Gasteiger partial charge < -0.3 is 0 Å². The third-order valence-corrected chi connectivity index (χ3v) is 2.61. The van der Waals surface area contributed by atoms with Crippen molar-refractivity contribution in [1.82, 2.24) is 0 Å². The van der Waals surface area contributed by atoms with E-state index in [0.717, 1.165) is 5.56 Å². The lowest BCUT2D eigenvalue weighted by molar-refractivity contribution is 0.0990. The Kier molecular flexibility index (Phi) is 1.53. The van der Waals surface area contributed by atoms with Gasteiger partial charge in [-0.15, -0.1) is 0 Å². The highest BCUT2D eigenvalue weighted by molar-refractivity contribution is 6.01. The van der Waals surface area contributed by atoms with E-state index >= 15 is 0 Å². The molecular weight excluding hydrogens is 148 g/mol. The summed E-state index contributed by atoms with van der Waals surface area (Å²) in [6.45, 7) is 4.20. The molecule has 0 amide bonds. The fraction of sp³-hybridized carbons (Fsp3) is 0.364. The van der Waals surface area contributed by atoms with Crippen molar-refractivity contribution in [3.63, 3.8) is 0 Å². The number of hydrogen-bond donors (Lipinski definition) is 0. The van der Waals surface area contributed by atoms with E-state index in [1.54, 1.807) is 0 Å². The summed E-state index contributed by atoms with van der Waals surface area (Å²) in [7, 11) is 0. The van der Waals surface area contributed by atoms with Gasteiger partial charge in [0, 0.05) is 12.0 Å². The van der Waals surface area contributed by atoms with Gasteiger partial charge in [0.1, 0.15) is 0 Å². The minimum atomic E-state index is 0.307. The number of carbonyl (C=O) groups is 1. The molecule has 1 nitrogen and oxygen atoms in total. The highest BCUT2D eigenvalue weighted by atomic mass is 16.1. The highest BCUT2D eigenvalue weighted by Crippen LogP contribution is 2.34. The molecule has 0 radical (unpaired) electrons. The van der Waals surface area contributed by atoms with Gasteiger partial charge in [-0.2, -0.15) is 0 Å². The van der Waals surface area contributed by atoms with E-state index in [9.17, 15) is 4.79 Å². The molecule has 1 aromatic carbocycles. The number of Topliss-reactive ketones (excluding diaryl/α,β-unsaturated/α-hetero) is 1.